The standard InChI is InChI=1S/C12H7F4N3OS/c13-8-2-1-6(3-7(8)12(14,15)16)20-10-5-18-9(4-19-10)11(17)21/h1-5H,(H2,17,21). The van der Waals surface area contributed by atoms with Crippen LogP contribution in [0.5, 0.6) is 11.6 Å². The molecule has 0 saturated heterocycles. The van der Waals surface area contributed by atoms with E-state index in [1.165, 1.54) is 6.20 Å². The topological polar surface area (TPSA) is 61.0 Å². The largest absolute Gasteiger partial charge is 0.437 e. The van der Waals surface area contributed by atoms with Gasteiger partial charge >= 0.3 is 6.18 Å². The number of thiocarbonyl (C=S) groups is 1. The Hall–Kier alpha value is -2.29. The van der Waals surface area contributed by atoms with Crippen molar-refractivity contribution in [2.24, 2.45) is 5.73 Å². The summed E-state index contributed by atoms with van der Waals surface area (Å²) in [6.45, 7) is 0. The molecule has 0 unspecified atom stereocenters. The Bertz CT molecular complexity index is 673. The van der Waals surface area contributed by atoms with E-state index in [9.17, 15) is 17.6 Å². The fourth-order valence-electron chi connectivity index (χ4n) is 1.40. The second-order valence-corrected chi connectivity index (χ2v) is 4.29. The number of nitrogens with zero attached hydrogens (tertiary/aromatic N) is 2. The smallest absolute Gasteiger partial charge is 0.419 e. The summed E-state index contributed by atoms with van der Waals surface area (Å²) in [4.78, 5) is 7.62. The second kappa shape index (κ2) is 5.60. The van der Waals surface area contributed by atoms with Crippen LogP contribution in [0.2, 0.25) is 0 Å². The predicted octanol–water partition coefficient (Wildman–Crippen LogP) is 3.06. The van der Waals surface area contributed by atoms with Crippen LogP contribution in [-0.2, 0) is 6.18 Å². The first-order valence-corrected chi connectivity index (χ1v) is 5.84. The highest BCUT2D eigenvalue weighted by atomic mass is 32.1. The number of rotatable bonds is 3. The van der Waals surface area contributed by atoms with Crippen LogP contribution in [0.4, 0.5) is 17.6 Å². The van der Waals surface area contributed by atoms with E-state index in [0.717, 1.165) is 12.3 Å². The molecule has 2 rings (SSSR count). The van der Waals surface area contributed by atoms with Crippen molar-refractivity contribution < 1.29 is 22.3 Å². The van der Waals surface area contributed by atoms with Gasteiger partial charge in [0.15, 0.2) is 0 Å². The summed E-state index contributed by atoms with van der Waals surface area (Å²) < 4.78 is 55.9. The molecule has 0 aliphatic carbocycles. The number of aromatic nitrogens is 2. The van der Waals surface area contributed by atoms with Crippen LogP contribution >= 0.6 is 12.2 Å². The molecule has 4 nitrogen and oxygen atoms in total. The van der Waals surface area contributed by atoms with E-state index in [1.54, 1.807) is 0 Å². The van der Waals surface area contributed by atoms with Gasteiger partial charge in [-0.15, -0.1) is 0 Å². The summed E-state index contributed by atoms with van der Waals surface area (Å²) in [5.41, 5.74) is 4.14. The quantitative estimate of drug-likeness (QED) is 0.696. The lowest BCUT2D eigenvalue weighted by Gasteiger charge is -2.10. The number of alkyl halides is 3. The van der Waals surface area contributed by atoms with Gasteiger partial charge in [-0.25, -0.2) is 14.4 Å². The van der Waals surface area contributed by atoms with E-state index in [4.69, 9.17) is 10.5 Å². The average Bonchev–Trinajstić information content (AvgIpc) is 2.40. The van der Waals surface area contributed by atoms with Crippen molar-refractivity contribution in [1.29, 1.82) is 0 Å². The average molecular weight is 317 g/mol. The molecule has 0 bridgehead atoms. The first-order chi connectivity index (χ1) is 9.77. The van der Waals surface area contributed by atoms with E-state index in [2.05, 4.69) is 22.2 Å². The van der Waals surface area contributed by atoms with Gasteiger partial charge in [0.1, 0.15) is 22.2 Å². The molecule has 110 valence electrons. The summed E-state index contributed by atoms with van der Waals surface area (Å²) >= 11 is 4.68. The number of halogens is 4. The van der Waals surface area contributed by atoms with Crippen molar-refractivity contribution in [1.82, 2.24) is 9.97 Å². The summed E-state index contributed by atoms with van der Waals surface area (Å²) in [7, 11) is 0. The van der Waals surface area contributed by atoms with Crippen LogP contribution in [0.1, 0.15) is 11.3 Å². The third kappa shape index (κ3) is 3.63. The van der Waals surface area contributed by atoms with Gasteiger partial charge in [0.05, 0.1) is 18.0 Å². The number of hydrogen-bond donors (Lipinski definition) is 1. The summed E-state index contributed by atoms with van der Waals surface area (Å²) in [5, 5.41) is 0. The Kier molecular flexibility index (Phi) is 4.03. The SMILES string of the molecule is NC(=S)c1cnc(Oc2ccc(F)c(C(F)(F)F)c2)cn1. The normalized spacial score (nSPS) is 11.2. The molecule has 1 heterocycles. The minimum absolute atomic E-state index is 0.0233. The summed E-state index contributed by atoms with van der Waals surface area (Å²) in [5.74, 6) is -1.68. The van der Waals surface area contributed by atoms with Gasteiger partial charge in [-0.05, 0) is 18.2 Å². The molecule has 1 aromatic heterocycles. The second-order valence-electron chi connectivity index (χ2n) is 3.85. The van der Waals surface area contributed by atoms with Crippen molar-refractivity contribution in [3.63, 3.8) is 0 Å². The highest BCUT2D eigenvalue weighted by Crippen LogP contribution is 2.34. The van der Waals surface area contributed by atoms with Crippen LogP contribution in [0.3, 0.4) is 0 Å². The molecule has 0 radical (unpaired) electrons. The van der Waals surface area contributed by atoms with Crippen LogP contribution in [0.25, 0.3) is 0 Å². The van der Waals surface area contributed by atoms with Crippen molar-refractivity contribution in [3.8, 4) is 11.6 Å². The van der Waals surface area contributed by atoms with Crippen molar-refractivity contribution in [3.05, 3.63) is 47.7 Å². The summed E-state index contributed by atoms with van der Waals surface area (Å²) in [6.07, 6.45) is -2.46. The maximum atomic E-state index is 13.1. The number of ether oxygens (including phenoxy) is 1. The van der Waals surface area contributed by atoms with E-state index in [1.807, 2.05) is 0 Å². The first kappa shape index (κ1) is 15.1. The zero-order valence-corrected chi connectivity index (χ0v) is 11.0. The zero-order chi connectivity index (χ0) is 15.6. The van der Waals surface area contributed by atoms with Crippen LogP contribution in [-0.4, -0.2) is 15.0 Å². The van der Waals surface area contributed by atoms with Crippen LogP contribution in [0, 0.1) is 5.82 Å². The van der Waals surface area contributed by atoms with E-state index in [0.29, 0.717) is 12.1 Å². The van der Waals surface area contributed by atoms with Gasteiger partial charge in [-0.2, -0.15) is 13.2 Å². The summed E-state index contributed by atoms with van der Waals surface area (Å²) in [6, 6.07) is 2.25. The molecule has 2 aromatic rings. The minimum atomic E-state index is -4.81. The molecule has 0 amide bonds. The van der Waals surface area contributed by atoms with Crippen molar-refractivity contribution >= 4 is 17.2 Å². The fourth-order valence-corrected chi connectivity index (χ4v) is 1.51. The molecule has 0 atom stereocenters. The molecule has 0 spiro atoms. The molecule has 0 aliphatic rings. The number of benzene rings is 1. The van der Waals surface area contributed by atoms with E-state index in [-0.39, 0.29) is 22.3 Å². The molecular weight excluding hydrogens is 310 g/mol. The monoisotopic (exact) mass is 317 g/mol. The Morgan fingerprint density at radius 3 is 2.43 bits per heavy atom. The van der Waals surface area contributed by atoms with Gasteiger partial charge in [0.2, 0.25) is 5.88 Å². The van der Waals surface area contributed by atoms with Gasteiger partial charge in [0.25, 0.3) is 0 Å². The fraction of sp³-hybridized carbons (Fsp3) is 0.0833. The Balaban J connectivity index is 2.26. The van der Waals surface area contributed by atoms with Gasteiger partial charge in [0, 0.05) is 0 Å². The first-order valence-electron chi connectivity index (χ1n) is 5.44. The zero-order valence-electron chi connectivity index (χ0n) is 10.2. The Morgan fingerprint density at radius 1 is 1.19 bits per heavy atom. The highest BCUT2D eigenvalue weighted by Gasteiger charge is 2.34. The molecule has 0 saturated carbocycles. The molecule has 1 aromatic carbocycles. The third-order valence-electron chi connectivity index (χ3n) is 2.35. The minimum Gasteiger partial charge on any atom is -0.437 e. The Labute approximate surface area is 121 Å². The van der Waals surface area contributed by atoms with Gasteiger partial charge in [-0.1, -0.05) is 12.2 Å². The van der Waals surface area contributed by atoms with E-state index >= 15 is 0 Å². The number of hydrogen-bond acceptors (Lipinski definition) is 4. The predicted molar refractivity (Wildman–Crippen MR) is 69.4 cm³/mol. The van der Waals surface area contributed by atoms with Gasteiger partial charge in [-0.3, -0.25) is 0 Å². The lowest BCUT2D eigenvalue weighted by atomic mass is 10.2. The lowest BCUT2D eigenvalue weighted by Crippen LogP contribution is -2.11. The maximum absolute atomic E-state index is 13.1. The molecule has 21 heavy (non-hydrogen) atoms. The van der Waals surface area contributed by atoms with Crippen molar-refractivity contribution in [2.45, 2.75) is 6.18 Å². The van der Waals surface area contributed by atoms with Crippen molar-refractivity contribution in [2.75, 3.05) is 0 Å². The maximum Gasteiger partial charge on any atom is 0.419 e. The molecule has 9 heteroatoms. The third-order valence-corrected chi connectivity index (χ3v) is 2.56. The molecule has 0 fully saturated rings. The molecular formula is C12H7F4N3OS. The lowest BCUT2D eigenvalue weighted by molar-refractivity contribution is -0.140. The highest BCUT2D eigenvalue weighted by molar-refractivity contribution is 7.80. The van der Waals surface area contributed by atoms with E-state index < -0.39 is 17.6 Å². The van der Waals surface area contributed by atoms with Crippen LogP contribution < -0.4 is 10.5 Å². The molecule has 2 N–H and O–H groups in total. The molecule has 0 aliphatic heterocycles. The Morgan fingerprint density at radius 2 is 1.90 bits per heavy atom. The number of nitrogens with two attached hydrogens (primary N) is 1. The van der Waals surface area contributed by atoms with Crippen LogP contribution in [0.15, 0.2) is 30.6 Å². The van der Waals surface area contributed by atoms with Gasteiger partial charge < -0.3 is 10.5 Å².